The van der Waals surface area contributed by atoms with Crippen molar-refractivity contribution in [2.45, 2.75) is 0 Å². The van der Waals surface area contributed by atoms with Gasteiger partial charge in [-0.2, -0.15) is 0 Å². The fourth-order valence-electron chi connectivity index (χ4n) is 1.58. The van der Waals surface area contributed by atoms with Crippen LogP contribution in [-0.4, -0.2) is 17.0 Å². The second kappa shape index (κ2) is 6.60. The number of rotatable bonds is 2. The number of carboxylic acids is 1. The maximum Gasteiger partial charge on any atom is 0.337 e. The highest BCUT2D eigenvalue weighted by Crippen LogP contribution is 2.20. The van der Waals surface area contributed by atoms with Crippen molar-refractivity contribution in [3.63, 3.8) is 0 Å². The third-order valence-corrected chi connectivity index (χ3v) is 2.86. The maximum atomic E-state index is 11.7. The quantitative estimate of drug-likeness (QED) is 0.838. The summed E-state index contributed by atoms with van der Waals surface area (Å²) in [6.07, 6.45) is 0. The van der Waals surface area contributed by atoms with E-state index in [1.54, 1.807) is 12.1 Å². The molecular weight excluding hydrogens is 290 g/mol. The van der Waals surface area contributed by atoms with Crippen molar-refractivity contribution in [3.8, 4) is 11.8 Å². The molecule has 0 spiro atoms. The largest absolute Gasteiger partial charge is 0.478 e. The Morgan fingerprint density at radius 3 is 2.43 bits per heavy atom. The van der Waals surface area contributed by atoms with Crippen molar-refractivity contribution in [2.75, 3.05) is 5.32 Å². The lowest BCUT2D eigenvalue weighted by molar-refractivity contribution is -0.111. The minimum Gasteiger partial charge on any atom is -0.478 e. The molecule has 0 unspecified atom stereocenters. The molecule has 2 aromatic rings. The van der Waals surface area contributed by atoms with Crippen molar-refractivity contribution < 1.29 is 14.7 Å². The number of aromatic carboxylic acids is 1. The number of carboxylic acid groups (broad SMARTS) is 1. The van der Waals surface area contributed by atoms with E-state index in [-0.39, 0.29) is 10.6 Å². The van der Waals surface area contributed by atoms with Gasteiger partial charge in [0.05, 0.1) is 10.6 Å². The van der Waals surface area contributed by atoms with Crippen LogP contribution in [0.5, 0.6) is 0 Å². The van der Waals surface area contributed by atoms with Gasteiger partial charge in [-0.3, -0.25) is 4.79 Å². The Balaban J connectivity index is 2.09. The normalized spacial score (nSPS) is 9.38. The van der Waals surface area contributed by atoms with E-state index in [1.165, 1.54) is 18.2 Å². The molecule has 0 radical (unpaired) electrons. The van der Waals surface area contributed by atoms with Crippen LogP contribution < -0.4 is 5.32 Å². The highest BCUT2D eigenvalue weighted by atomic mass is 35.5. The third-order valence-electron chi connectivity index (χ3n) is 2.55. The van der Waals surface area contributed by atoms with Crippen LogP contribution in [-0.2, 0) is 4.79 Å². The molecule has 21 heavy (non-hydrogen) atoms. The number of amides is 1. The molecule has 0 bridgehead atoms. The summed E-state index contributed by atoms with van der Waals surface area (Å²) >= 11 is 5.81. The predicted octanol–water partition coefficient (Wildman–Crippen LogP) is 3.03. The first-order valence-corrected chi connectivity index (χ1v) is 6.35. The topological polar surface area (TPSA) is 66.4 Å². The maximum absolute atomic E-state index is 11.7. The number of anilines is 1. The van der Waals surface area contributed by atoms with Crippen LogP contribution in [0.3, 0.4) is 0 Å². The molecule has 5 heteroatoms. The van der Waals surface area contributed by atoms with Gasteiger partial charge in [0.25, 0.3) is 0 Å². The molecule has 0 aliphatic carbocycles. The number of carbonyl (C=O) groups excluding carboxylic acids is 1. The average Bonchev–Trinajstić information content (AvgIpc) is 2.46. The Morgan fingerprint density at radius 1 is 1.10 bits per heavy atom. The van der Waals surface area contributed by atoms with E-state index in [0.29, 0.717) is 5.69 Å². The zero-order valence-electron chi connectivity index (χ0n) is 10.8. The zero-order valence-corrected chi connectivity index (χ0v) is 11.5. The molecule has 1 amide bonds. The number of hydrogen-bond acceptors (Lipinski definition) is 2. The van der Waals surface area contributed by atoms with E-state index < -0.39 is 11.9 Å². The molecule has 2 aromatic carbocycles. The minimum absolute atomic E-state index is 0.0231. The molecule has 0 saturated heterocycles. The van der Waals surface area contributed by atoms with Crippen molar-refractivity contribution in [1.29, 1.82) is 0 Å². The van der Waals surface area contributed by atoms with Gasteiger partial charge in [-0.05, 0) is 30.3 Å². The van der Waals surface area contributed by atoms with Crippen molar-refractivity contribution in [1.82, 2.24) is 0 Å². The van der Waals surface area contributed by atoms with Crippen LogP contribution in [0.25, 0.3) is 0 Å². The zero-order chi connectivity index (χ0) is 15.2. The van der Waals surface area contributed by atoms with Crippen LogP contribution in [0.4, 0.5) is 5.69 Å². The molecule has 2 rings (SSSR count). The molecule has 0 aliphatic heterocycles. The second-order valence-electron chi connectivity index (χ2n) is 4.07. The smallest absolute Gasteiger partial charge is 0.337 e. The Hall–Kier alpha value is -2.77. The summed E-state index contributed by atoms with van der Waals surface area (Å²) < 4.78 is 0. The molecule has 0 aliphatic rings. The first-order valence-electron chi connectivity index (χ1n) is 5.97. The summed E-state index contributed by atoms with van der Waals surface area (Å²) in [5, 5.41) is 11.4. The Morgan fingerprint density at radius 2 is 1.81 bits per heavy atom. The first-order chi connectivity index (χ1) is 10.1. The van der Waals surface area contributed by atoms with E-state index >= 15 is 0 Å². The summed E-state index contributed by atoms with van der Waals surface area (Å²) in [7, 11) is 0. The molecule has 0 atom stereocenters. The standard InChI is InChI=1S/C16H10ClNO3/c17-14-10-12(7-8-13(14)16(20)21)18-15(19)9-6-11-4-2-1-3-5-11/h1-5,7-8,10H,(H,18,19)(H,20,21). The van der Waals surface area contributed by atoms with Gasteiger partial charge < -0.3 is 10.4 Å². The van der Waals surface area contributed by atoms with Gasteiger partial charge in [-0.25, -0.2) is 4.79 Å². The number of benzene rings is 2. The highest BCUT2D eigenvalue weighted by molar-refractivity contribution is 6.33. The highest BCUT2D eigenvalue weighted by Gasteiger charge is 2.09. The fourth-order valence-corrected chi connectivity index (χ4v) is 1.84. The molecular formula is C16H10ClNO3. The summed E-state index contributed by atoms with van der Waals surface area (Å²) in [5.41, 5.74) is 1.09. The van der Waals surface area contributed by atoms with Gasteiger partial charge in [0, 0.05) is 17.2 Å². The van der Waals surface area contributed by atoms with Gasteiger partial charge in [0.2, 0.25) is 0 Å². The summed E-state index contributed by atoms with van der Waals surface area (Å²) in [6.45, 7) is 0. The van der Waals surface area contributed by atoms with Crippen LogP contribution in [0.15, 0.2) is 48.5 Å². The van der Waals surface area contributed by atoms with Crippen LogP contribution in [0, 0.1) is 11.8 Å². The van der Waals surface area contributed by atoms with Crippen LogP contribution in [0.1, 0.15) is 15.9 Å². The lowest BCUT2D eigenvalue weighted by Crippen LogP contribution is -2.09. The molecule has 104 valence electrons. The van der Waals surface area contributed by atoms with Gasteiger partial charge in [0.15, 0.2) is 0 Å². The van der Waals surface area contributed by atoms with E-state index in [0.717, 1.165) is 5.56 Å². The van der Waals surface area contributed by atoms with Gasteiger partial charge >= 0.3 is 11.9 Å². The lowest BCUT2D eigenvalue weighted by Gasteiger charge is -2.03. The van der Waals surface area contributed by atoms with Gasteiger partial charge in [-0.1, -0.05) is 35.7 Å². The summed E-state index contributed by atoms with van der Waals surface area (Å²) in [6, 6.07) is 13.2. The lowest BCUT2D eigenvalue weighted by atomic mass is 10.2. The molecule has 0 saturated carbocycles. The molecule has 0 aromatic heterocycles. The third kappa shape index (κ3) is 4.10. The Kier molecular flexibility index (Phi) is 4.60. The summed E-state index contributed by atoms with van der Waals surface area (Å²) in [4.78, 5) is 22.5. The van der Waals surface area contributed by atoms with Crippen molar-refractivity contribution in [2.24, 2.45) is 0 Å². The van der Waals surface area contributed by atoms with Crippen LogP contribution >= 0.6 is 11.6 Å². The number of halogens is 1. The number of carbonyl (C=O) groups is 2. The minimum atomic E-state index is -1.12. The fraction of sp³-hybridized carbons (Fsp3) is 0. The number of hydrogen-bond donors (Lipinski definition) is 2. The molecule has 4 nitrogen and oxygen atoms in total. The van der Waals surface area contributed by atoms with E-state index in [1.807, 2.05) is 18.2 Å². The summed E-state index contributed by atoms with van der Waals surface area (Å²) in [5.74, 6) is 3.54. The number of nitrogens with one attached hydrogen (secondary N) is 1. The predicted molar refractivity (Wildman–Crippen MR) is 80.4 cm³/mol. The molecule has 0 heterocycles. The van der Waals surface area contributed by atoms with Crippen molar-refractivity contribution in [3.05, 3.63) is 64.7 Å². The van der Waals surface area contributed by atoms with E-state index in [9.17, 15) is 9.59 Å². The van der Waals surface area contributed by atoms with E-state index in [2.05, 4.69) is 17.2 Å². The first kappa shape index (κ1) is 14.6. The molecule has 2 N–H and O–H groups in total. The van der Waals surface area contributed by atoms with E-state index in [4.69, 9.17) is 16.7 Å². The van der Waals surface area contributed by atoms with Gasteiger partial charge in [0.1, 0.15) is 0 Å². The van der Waals surface area contributed by atoms with Gasteiger partial charge in [-0.15, -0.1) is 0 Å². The Labute approximate surface area is 126 Å². The Bertz CT molecular complexity index is 745. The SMILES string of the molecule is O=C(C#Cc1ccccc1)Nc1ccc(C(=O)O)c(Cl)c1. The second-order valence-corrected chi connectivity index (χ2v) is 4.48. The average molecular weight is 300 g/mol. The molecule has 0 fully saturated rings. The monoisotopic (exact) mass is 299 g/mol. The van der Waals surface area contributed by atoms with Crippen LogP contribution in [0.2, 0.25) is 5.02 Å². The van der Waals surface area contributed by atoms with Crippen molar-refractivity contribution >= 4 is 29.2 Å².